The zero-order valence-electron chi connectivity index (χ0n) is 9.34. The molecule has 0 atom stereocenters. The molecule has 0 saturated carbocycles. The lowest BCUT2D eigenvalue weighted by Crippen LogP contribution is -2.14. The second-order valence-corrected chi connectivity index (χ2v) is 6.13. The van der Waals surface area contributed by atoms with E-state index in [1.807, 2.05) is 0 Å². The van der Waals surface area contributed by atoms with E-state index in [0.717, 1.165) is 23.5 Å². The fraction of sp³-hybridized carbons (Fsp3) is 0.100. The van der Waals surface area contributed by atoms with Crippen molar-refractivity contribution in [1.29, 1.82) is 0 Å². The van der Waals surface area contributed by atoms with Crippen molar-refractivity contribution in [2.75, 3.05) is 10.5 Å². The number of thiazole rings is 1. The van der Waals surface area contributed by atoms with E-state index in [0.29, 0.717) is 0 Å². The number of nitrogens with one attached hydrogen (secondary N) is 1. The highest BCUT2D eigenvalue weighted by atomic mass is 32.2. The lowest BCUT2D eigenvalue weighted by atomic mass is 10.2. The molecule has 2 rings (SSSR count). The summed E-state index contributed by atoms with van der Waals surface area (Å²) in [6.07, 6.45) is 1.48. The average Bonchev–Trinajstić information content (AvgIpc) is 2.75. The van der Waals surface area contributed by atoms with E-state index < -0.39 is 15.8 Å². The third-order valence-corrected chi connectivity index (χ3v) is 4.54. The molecule has 0 unspecified atom stereocenters. The first-order valence-electron chi connectivity index (χ1n) is 4.88. The summed E-state index contributed by atoms with van der Waals surface area (Å²) in [5, 5.41) is 1.89. The molecule has 1 heterocycles. The van der Waals surface area contributed by atoms with E-state index >= 15 is 0 Å². The number of benzene rings is 1. The first-order chi connectivity index (χ1) is 8.40. The molecule has 5 nitrogen and oxygen atoms in total. The van der Waals surface area contributed by atoms with Gasteiger partial charge in [0.05, 0.1) is 10.6 Å². The van der Waals surface area contributed by atoms with E-state index in [4.69, 9.17) is 5.73 Å². The van der Waals surface area contributed by atoms with Crippen LogP contribution in [0.25, 0.3) is 0 Å². The van der Waals surface area contributed by atoms with Crippen LogP contribution in [-0.4, -0.2) is 13.4 Å². The SMILES string of the molecule is Cc1cc(F)c(N)cc1S(=O)(=O)Nc1nccs1. The number of nitrogens with two attached hydrogens (primary N) is 1. The Morgan fingerprint density at radius 3 is 2.78 bits per heavy atom. The molecule has 1 aromatic carbocycles. The fourth-order valence-corrected chi connectivity index (χ4v) is 3.45. The summed E-state index contributed by atoms with van der Waals surface area (Å²) in [5.41, 5.74) is 5.45. The van der Waals surface area contributed by atoms with Crippen LogP contribution in [0.3, 0.4) is 0 Å². The highest BCUT2D eigenvalue weighted by Gasteiger charge is 2.19. The zero-order valence-corrected chi connectivity index (χ0v) is 11.0. The summed E-state index contributed by atoms with van der Waals surface area (Å²) in [6, 6.07) is 2.19. The van der Waals surface area contributed by atoms with Gasteiger partial charge in [0.1, 0.15) is 5.82 Å². The zero-order chi connectivity index (χ0) is 13.3. The van der Waals surface area contributed by atoms with Crippen LogP contribution in [-0.2, 0) is 10.0 Å². The van der Waals surface area contributed by atoms with E-state index in [1.54, 1.807) is 5.38 Å². The molecule has 0 amide bonds. The average molecular weight is 287 g/mol. The second-order valence-electron chi connectivity index (χ2n) is 3.58. The van der Waals surface area contributed by atoms with Gasteiger partial charge >= 0.3 is 0 Å². The van der Waals surface area contributed by atoms with Gasteiger partial charge in [-0.1, -0.05) is 0 Å². The van der Waals surface area contributed by atoms with E-state index in [2.05, 4.69) is 9.71 Å². The smallest absolute Gasteiger partial charge is 0.264 e. The van der Waals surface area contributed by atoms with Crippen LogP contribution in [0.1, 0.15) is 5.56 Å². The number of halogens is 1. The van der Waals surface area contributed by atoms with Gasteiger partial charge in [0.15, 0.2) is 5.13 Å². The molecule has 2 aromatic rings. The number of sulfonamides is 1. The molecular weight excluding hydrogens is 277 g/mol. The molecular formula is C10H10FN3O2S2. The van der Waals surface area contributed by atoms with Crippen molar-refractivity contribution in [3.63, 3.8) is 0 Å². The van der Waals surface area contributed by atoms with Crippen LogP contribution in [0.2, 0.25) is 0 Å². The Morgan fingerprint density at radius 1 is 1.44 bits per heavy atom. The summed E-state index contributed by atoms with van der Waals surface area (Å²) in [4.78, 5) is 3.76. The Kier molecular flexibility index (Phi) is 3.22. The minimum Gasteiger partial charge on any atom is -0.396 e. The van der Waals surface area contributed by atoms with Crippen molar-refractivity contribution in [2.24, 2.45) is 0 Å². The molecule has 0 saturated heterocycles. The minimum atomic E-state index is -3.80. The van der Waals surface area contributed by atoms with Gasteiger partial charge in [0.2, 0.25) is 0 Å². The Labute approximate surface area is 108 Å². The number of anilines is 2. The van der Waals surface area contributed by atoms with Crippen LogP contribution in [0.5, 0.6) is 0 Å². The third kappa shape index (κ3) is 2.44. The Balaban J connectivity index is 2.44. The summed E-state index contributed by atoms with van der Waals surface area (Å²) in [6.45, 7) is 1.50. The molecule has 0 aliphatic heterocycles. The van der Waals surface area contributed by atoms with E-state index in [-0.39, 0.29) is 21.3 Å². The minimum absolute atomic E-state index is 0.0587. The number of nitrogen functional groups attached to an aromatic ring is 1. The summed E-state index contributed by atoms with van der Waals surface area (Å²) >= 11 is 1.15. The van der Waals surface area contributed by atoms with Gasteiger partial charge in [-0.05, 0) is 24.6 Å². The molecule has 8 heteroatoms. The van der Waals surface area contributed by atoms with Gasteiger partial charge in [-0.25, -0.2) is 17.8 Å². The lowest BCUT2D eigenvalue weighted by molar-refractivity contribution is 0.599. The molecule has 96 valence electrons. The first-order valence-corrected chi connectivity index (χ1v) is 7.24. The molecule has 1 aromatic heterocycles. The van der Waals surface area contributed by atoms with Gasteiger partial charge < -0.3 is 5.73 Å². The van der Waals surface area contributed by atoms with Crippen molar-refractivity contribution in [3.05, 3.63) is 35.1 Å². The normalized spacial score (nSPS) is 11.4. The monoisotopic (exact) mass is 287 g/mol. The van der Waals surface area contributed by atoms with E-state index in [9.17, 15) is 12.8 Å². The number of hydrogen-bond donors (Lipinski definition) is 2. The Morgan fingerprint density at radius 2 is 2.17 bits per heavy atom. The molecule has 0 radical (unpaired) electrons. The molecule has 0 bridgehead atoms. The Hall–Kier alpha value is -1.67. The topological polar surface area (TPSA) is 85.1 Å². The van der Waals surface area contributed by atoms with Gasteiger partial charge in [-0.3, -0.25) is 4.72 Å². The fourth-order valence-electron chi connectivity index (χ4n) is 1.40. The van der Waals surface area contributed by atoms with Crippen LogP contribution in [0, 0.1) is 12.7 Å². The highest BCUT2D eigenvalue weighted by molar-refractivity contribution is 7.93. The number of rotatable bonds is 3. The number of aromatic nitrogens is 1. The molecule has 3 N–H and O–H groups in total. The van der Waals surface area contributed by atoms with Crippen LogP contribution in [0.15, 0.2) is 28.6 Å². The molecule has 18 heavy (non-hydrogen) atoms. The summed E-state index contributed by atoms with van der Waals surface area (Å²) in [5.74, 6) is -0.638. The Bertz CT molecular complexity index is 669. The van der Waals surface area contributed by atoms with Gasteiger partial charge in [0, 0.05) is 11.6 Å². The van der Waals surface area contributed by atoms with Crippen molar-refractivity contribution < 1.29 is 12.8 Å². The first kappa shape index (κ1) is 12.8. The maximum atomic E-state index is 13.2. The highest BCUT2D eigenvalue weighted by Crippen LogP contribution is 2.24. The van der Waals surface area contributed by atoms with Crippen LogP contribution < -0.4 is 10.5 Å². The van der Waals surface area contributed by atoms with E-state index in [1.165, 1.54) is 13.1 Å². The van der Waals surface area contributed by atoms with Crippen molar-refractivity contribution >= 4 is 32.2 Å². The van der Waals surface area contributed by atoms with Crippen LogP contribution >= 0.6 is 11.3 Å². The van der Waals surface area contributed by atoms with Crippen LogP contribution in [0.4, 0.5) is 15.2 Å². The number of nitrogens with zero attached hydrogens (tertiary/aromatic N) is 1. The largest absolute Gasteiger partial charge is 0.396 e. The number of aryl methyl sites for hydroxylation is 1. The third-order valence-electron chi connectivity index (χ3n) is 2.24. The second kappa shape index (κ2) is 4.54. The van der Waals surface area contributed by atoms with Gasteiger partial charge in [-0.2, -0.15) is 0 Å². The standard InChI is InChI=1S/C10H10FN3O2S2/c1-6-4-7(11)8(12)5-9(6)18(15,16)14-10-13-2-3-17-10/h2-5H,12H2,1H3,(H,13,14). The molecule has 0 fully saturated rings. The van der Waals surface area contributed by atoms with Crippen molar-refractivity contribution in [1.82, 2.24) is 4.98 Å². The molecule has 0 aliphatic rings. The summed E-state index contributed by atoms with van der Waals surface area (Å²) in [7, 11) is -3.80. The number of hydrogen-bond acceptors (Lipinski definition) is 5. The quantitative estimate of drug-likeness (QED) is 0.845. The predicted octanol–water partition coefficient (Wildman–Crippen LogP) is 1.97. The molecule has 0 spiro atoms. The lowest BCUT2D eigenvalue weighted by Gasteiger charge is -2.09. The van der Waals surface area contributed by atoms with Gasteiger partial charge in [-0.15, -0.1) is 11.3 Å². The molecule has 0 aliphatic carbocycles. The van der Waals surface area contributed by atoms with Crippen molar-refractivity contribution in [2.45, 2.75) is 11.8 Å². The van der Waals surface area contributed by atoms with Gasteiger partial charge in [0.25, 0.3) is 10.0 Å². The maximum absolute atomic E-state index is 13.2. The van der Waals surface area contributed by atoms with Crippen molar-refractivity contribution in [3.8, 4) is 0 Å². The predicted molar refractivity (Wildman–Crippen MR) is 68.5 cm³/mol. The summed E-state index contributed by atoms with van der Waals surface area (Å²) < 4.78 is 39.6. The maximum Gasteiger partial charge on any atom is 0.264 e.